The summed E-state index contributed by atoms with van der Waals surface area (Å²) in [6.45, 7) is 0.250. The Morgan fingerprint density at radius 3 is 2.86 bits per heavy atom. The fourth-order valence-electron chi connectivity index (χ4n) is 0.840. The topological polar surface area (TPSA) is 38.3 Å². The Morgan fingerprint density at radius 1 is 1.50 bits per heavy atom. The van der Waals surface area contributed by atoms with Gasteiger partial charge in [-0.05, 0) is 12.1 Å². The molecule has 0 bridgehead atoms. The molecule has 0 heterocycles. The molecule has 1 amide bonds. The van der Waals surface area contributed by atoms with Crippen LogP contribution in [0.5, 0.6) is 0 Å². The van der Waals surface area contributed by atoms with E-state index in [1.54, 1.807) is 12.1 Å². The van der Waals surface area contributed by atoms with E-state index in [1.807, 2.05) is 0 Å². The Hall–Kier alpha value is -1.10. The molecule has 14 heavy (non-hydrogen) atoms. The van der Waals surface area contributed by atoms with Gasteiger partial charge in [0.2, 0.25) is 0 Å². The van der Waals surface area contributed by atoms with Crippen LogP contribution < -0.4 is 5.32 Å². The lowest BCUT2D eigenvalue weighted by Crippen LogP contribution is -2.15. The molecule has 0 atom stereocenters. The van der Waals surface area contributed by atoms with Crippen molar-refractivity contribution in [1.82, 2.24) is 0 Å². The zero-order valence-corrected chi connectivity index (χ0v) is 8.88. The molecule has 0 aromatic heterocycles. The Labute approximate surface area is 89.4 Å². The number of hydrogen-bond acceptors (Lipinski definition) is 2. The van der Waals surface area contributed by atoms with E-state index >= 15 is 0 Å². The Kier molecular flexibility index (Phi) is 4.39. The predicted octanol–water partition coefficient (Wildman–Crippen LogP) is 2.77. The number of ether oxygens (including phenoxy) is 1. The van der Waals surface area contributed by atoms with Gasteiger partial charge in [0, 0.05) is 5.33 Å². The van der Waals surface area contributed by atoms with E-state index in [9.17, 15) is 9.18 Å². The fraction of sp³-hybridized carbons (Fsp3) is 0.222. The maximum Gasteiger partial charge on any atom is 0.411 e. The smallest absolute Gasteiger partial charge is 0.411 e. The molecule has 1 N–H and O–H groups in total. The number of carbonyl (C=O) groups excluding carboxylic acids is 1. The maximum absolute atomic E-state index is 13.0. The summed E-state index contributed by atoms with van der Waals surface area (Å²) in [7, 11) is 0. The summed E-state index contributed by atoms with van der Waals surface area (Å²) in [4.78, 5) is 11.0. The third-order valence-electron chi connectivity index (χ3n) is 1.42. The van der Waals surface area contributed by atoms with E-state index in [4.69, 9.17) is 0 Å². The van der Waals surface area contributed by atoms with Crippen LogP contribution in [0.3, 0.4) is 0 Å². The lowest BCUT2D eigenvalue weighted by Gasteiger charge is -2.05. The predicted molar refractivity (Wildman–Crippen MR) is 55.2 cm³/mol. The monoisotopic (exact) mass is 261 g/mol. The molecular formula is C9H9BrFNO2. The molecule has 0 saturated heterocycles. The second-order valence-corrected chi connectivity index (χ2v) is 3.22. The summed E-state index contributed by atoms with van der Waals surface area (Å²) in [6, 6.07) is 5.90. The van der Waals surface area contributed by atoms with Crippen molar-refractivity contribution in [3.05, 3.63) is 30.1 Å². The highest BCUT2D eigenvalue weighted by atomic mass is 79.9. The van der Waals surface area contributed by atoms with Crippen LogP contribution in [-0.4, -0.2) is 18.0 Å². The average molecular weight is 262 g/mol. The minimum atomic E-state index is -0.658. The molecular weight excluding hydrogens is 253 g/mol. The van der Waals surface area contributed by atoms with Crippen molar-refractivity contribution in [2.24, 2.45) is 0 Å². The number of rotatable bonds is 3. The highest BCUT2D eigenvalue weighted by molar-refractivity contribution is 9.09. The lowest BCUT2D eigenvalue weighted by molar-refractivity contribution is 0.169. The standard InChI is InChI=1S/C9H9BrFNO2/c10-5-6-14-9(13)12-8-4-2-1-3-7(8)11/h1-4H,5-6H2,(H,12,13). The van der Waals surface area contributed by atoms with Gasteiger partial charge in [-0.3, -0.25) is 5.32 Å². The molecule has 0 aliphatic rings. The molecule has 1 rings (SSSR count). The summed E-state index contributed by atoms with van der Waals surface area (Å²) < 4.78 is 17.7. The molecule has 1 aromatic rings. The molecule has 0 fully saturated rings. The number of nitrogens with one attached hydrogen (secondary N) is 1. The molecule has 0 aliphatic heterocycles. The highest BCUT2D eigenvalue weighted by Gasteiger charge is 2.05. The Bertz CT molecular complexity index is 319. The number of carbonyl (C=O) groups is 1. The van der Waals surface area contributed by atoms with Crippen molar-refractivity contribution in [1.29, 1.82) is 0 Å². The van der Waals surface area contributed by atoms with Crippen LogP contribution in [0.2, 0.25) is 0 Å². The molecule has 0 saturated carbocycles. The quantitative estimate of drug-likeness (QED) is 0.850. The van der Waals surface area contributed by atoms with Crippen LogP contribution in [-0.2, 0) is 4.74 Å². The summed E-state index contributed by atoms with van der Waals surface area (Å²) in [5.41, 5.74) is 0.118. The normalized spacial score (nSPS) is 9.57. The number of benzene rings is 1. The van der Waals surface area contributed by atoms with Gasteiger partial charge in [-0.25, -0.2) is 9.18 Å². The zero-order valence-electron chi connectivity index (χ0n) is 7.30. The van der Waals surface area contributed by atoms with Crippen molar-refractivity contribution >= 4 is 27.7 Å². The first-order valence-electron chi connectivity index (χ1n) is 3.98. The van der Waals surface area contributed by atoms with Gasteiger partial charge < -0.3 is 4.74 Å². The highest BCUT2D eigenvalue weighted by Crippen LogP contribution is 2.12. The van der Waals surface area contributed by atoms with Gasteiger partial charge in [0.05, 0.1) is 5.69 Å². The van der Waals surface area contributed by atoms with Crippen molar-refractivity contribution < 1.29 is 13.9 Å². The van der Waals surface area contributed by atoms with Crippen molar-refractivity contribution in [3.63, 3.8) is 0 Å². The Morgan fingerprint density at radius 2 is 2.21 bits per heavy atom. The SMILES string of the molecule is O=C(Nc1ccccc1F)OCCBr. The van der Waals surface area contributed by atoms with Crippen LogP contribution in [0.4, 0.5) is 14.9 Å². The third-order valence-corrected chi connectivity index (χ3v) is 1.74. The van der Waals surface area contributed by atoms with E-state index < -0.39 is 11.9 Å². The number of para-hydroxylation sites is 1. The summed E-state index contributed by atoms with van der Waals surface area (Å²) in [5, 5.41) is 2.84. The first-order chi connectivity index (χ1) is 6.74. The van der Waals surface area contributed by atoms with E-state index in [0.717, 1.165) is 0 Å². The van der Waals surface area contributed by atoms with Gasteiger partial charge in [0.1, 0.15) is 12.4 Å². The summed E-state index contributed by atoms with van der Waals surface area (Å²) in [6.07, 6.45) is -0.658. The maximum atomic E-state index is 13.0. The molecule has 76 valence electrons. The van der Waals surface area contributed by atoms with Crippen LogP contribution in [0, 0.1) is 5.82 Å². The molecule has 5 heteroatoms. The molecule has 0 spiro atoms. The van der Waals surface area contributed by atoms with E-state index in [0.29, 0.717) is 5.33 Å². The summed E-state index contributed by atoms with van der Waals surface area (Å²) >= 11 is 3.10. The van der Waals surface area contributed by atoms with E-state index in [1.165, 1.54) is 12.1 Å². The van der Waals surface area contributed by atoms with E-state index in [2.05, 4.69) is 26.0 Å². The first-order valence-corrected chi connectivity index (χ1v) is 5.10. The second-order valence-electron chi connectivity index (χ2n) is 2.43. The number of halogens is 2. The molecule has 0 unspecified atom stereocenters. The average Bonchev–Trinajstić information content (AvgIpc) is 2.18. The fourth-order valence-corrected chi connectivity index (χ4v) is 1.00. The molecule has 0 radical (unpaired) electrons. The third kappa shape index (κ3) is 3.33. The largest absolute Gasteiger partial charge is 0.448 e. The second kappa shape index (κ2) is 5.59. The van der Waals surface area contributed by atoms with Crippen LogP contribution >= 0.6 is 15.9 Å². The lowest BCUT2D eigenvalue weighted by atomic mass is 10.3. The van der Waals surface area contributed by atoms with Gasteiger partial charge in [-0.1, -0.05) is 28.1 Å². The van der Waals surface area contributed by atoms with Crippen molar-refractivity contribution in [2.45, 2.75) is 0 Å². The van der Waals surface area contributed by atoms with Gasteiger partial charge in [0.25, 0.3) is 0 Å². The first kappa shape index (κ1) is 11.0. The number of anilines is 1. The van der Waals surface area contributed by atoms with Crippen molar-refractivity contribution in [3.8, 4) is 0 Å². The van der Waals surface area contributed by atoms with Gasteiger partial charge in [-0.2, -0.15) is 0 Å². The minimum Gasteiger partial charge on any atom is -0.448 e. The number of hydrogen-bond donors (Lipinski definition) is 1. The number of amides is 1. The molecule has 1 aromatic carbocycles. The van der Waals surface area contributed by atoms with E-state index in [-0.39, 0.29) is 12.3 Å². The molecule has 3 nitrogen and oxygen atoms in total. The van der Waals surface area contributed by atoms with Gasteiger partial charge in [0.15, 0.2) is 0 Å². The Balaban J connectivity index is 2.52. The van der Waals surface area contributed by atoms with Gasteiger partial charge in [-0.15, -0.1) is 0 Å². The zero-order chi connectivity index (χ0) is 10.4. The minimum absolute atomic E-state index is 0.118. The van der Waals surface area contributed by atoms with Crippen LogP contribution in [0.15, 0.2) is 24.3 Å². The van der Waals surface area contributed by atoms with Crippen LogP contribution in [0.1, 0.15) is 0 Å². The van der Waals surface area contributed by atoms with Crippen LogP contribution in [0.25, 0.3) is 0 Å². The van der Waals surface area contributed by atoms with Gasteiger partial charge >= 0.3 is 6.09 Å². The molecule has 0 aliphatic carbocycles. The van der Waals surface area contributed by atoms with Crippen molar-refractivity contribution in [2.75, 3.05) is 17.3 Å². The summed E-state index contributed by atoms with van der Waals surface area (Å²) in [5.74, 6) is -0.483. The number of alkyl halides is 1.